The number of hydrogen-bond acceptors (Lipinski definition) is 6. The van der Waals surface area contributed by atoms with Crippen LogP contribution in [0.2, 0.25) is 0 Å². The molecule has 0 spiro atoms. The Morgan fingerprint density at radius 2 is 1.71 bits per heavy atom. The van der Waals surface area contributed by atoms with Crippen molar-refractivity contribution in [3.63, 3.8) is 0 Å². The highest BCUT2D eigenvalue weighted by Gasteiger charge is 2.26. The van der Waals surface area contributed by atoms with Crippen molar-refractivity contribution in [2.75, 3.05) is 32.8 Å². The van der Waals surface area contributed by atoms with Gasteiger partial charge in [-0.2, -0.15) is 4.72 Å². The second-order valence-corrected chi connectivity index (χ2v) is 9.56. The first kappa shape index (κ1) is 25.4. The molecule has 1 fully saturated rings. The van der Waals surface area contributed by atoms with Gasteiger partial charge in [-0.15, -0.1) is 0 Å². The number of ether oxygens (including phenoxy) is 1. The summed E-state index contributed by atoms with van der Waals surface area (Å²) in [4.78, 5) is 26.2. The van der Waals surface area contributed by atoms with Gasteiger partial charge in [-0.05, 0) is 62.3 Å². The molecule has 2 aromatic carbocycles. The van der Waals surface area contributed by atoms with Crippen LogP contribution >= 0.6 is 0 Å². The number of hydrogen-bond donors (Lipinski definition) is 3. The largest absolute Gasteiger partial charge is 0.490 e. The summed E-state index contributed by atoms with van der Waals surface area (Å²) in [7, 11) is -4.05. The Hall–Kier alpha value is -3.21. The fourth-order valence-electron chi connectivity index (χ4n) is 3.43. The van der Waals surface area contributed by atoms with Crippen molar-refractivity contribution in [2.24, 2.45) is 0 Å². The zero-order valence-corrected chi connectivity index (χ0v) is 19.5. The summed E-state index contributed by atoms with van der Waals surface area (Å²) < 4.78 is 32.5. The average Bonchev–Trinajstić information content (AvgIpc) is 3.36. The van der Waals surface area contributed by atoms with Gasteiger partial charge in [0.15, 0.2) is 0 Å². The standard InChI is InChI=1S/C24H29N3O6S/c28-23(25-18-22(24(29)30)26-34(31,32)21-8-2-1-3-9-21)19-10-12-20(13-11-19)33-17-7-6-16-27-14-4-5-15-27/h1-3,6-13,22,26H,4-5,14-18H2,(H,25,28)(H,29,30)/b7-6+. The Balaban J connectivity index is 1.47. The molecule has 1 unspecified atom stereocenters. The van der Waals surface area contributed by atoms with Gasteiger partial charge in [-0.1, -0.05) is 30.4 Å². The maximum absolute atomic E-state index is 12.4. The minimum Gasteiger partial charge on any atom is -0.490 e. The summed E-state index contributed by atoms with van der Waals surface area (Å²) in [5.41, 5.74) is 0.298. The number of nitrogens with zero attached hydrogens (tertiary/aromatic N) is 1. The SMILES string of the molecule is O=C(NCC(NS(=O)(=O)c1ccccc1)C(=O)O)c1ccc(OC/C=C/CN2CCCC2)cc1. The van der Waals surface area contributed by atoms with Crippen LogP contribution in [-0.4, -0.2) is 69.1 Å². The molecular weight excluding hydrogens is 458 g/mol. The van der Waals surface area contributed by atoms with E-state index in [1.807, 2.05) is 6.08 Å². The van der Waals surface area contributed by atoms with E-state index in [2.05, 4.69) is 21.0 Å². The van der Waals surface area contributed by atoms with Gasteiger partial charge in [-0.3, -0.25) is 14.5 Å². The number of rotatable bonds is 12. The monoisotopic (exact) mass is 487 g/mol. The van der Waals surface area contributed by atoms with Gasteiger partial charge in [0, 0.05) is 18.7 Å². The van der Waals surface area contributed by atoms with Crippen LogP contribution in [0.25, 0.3) is 0 Å². The molecule has 0 saturated carbocycles. The lowest BCUT2D eigenvalue weighted by Gasteiger charge is -2.16. The highest BCUT2D eigenvalue weighted by atomic mass is 32.2. The Kier molecular flexibility index (Phi) is 9.20. The first-order chi connectivity index (χ1) is 16.3. The predicted molar refractivity (Wildman–Crippen MR) is 127 cm³/mol. The van der Waals surface area contributed by atoms with Gasteiger partial charge in [0.2, 0.25) is 10.0 Å². The number of likely N-dealkylation sites (tertiary alicyclic amines) is 1. The number of carbonyl (C=O) groups is 2. The smallest absolute Gasteiger partial charge is 0.323 e. The third-order valence-corrected chi connectivity index (χ3v) is 6.80. The van der Waals surface area contributed by atoms with Crippen molar-refractivity contribution in [3.8, 4) is 5.75 Å². The van der Waals surface area contributed by atoms with Crippen molar-refractivity contribution < 1.29 is 27.9 Å². The number of nitrogens with one attached hydrogen (secondary N) is 2. The zero-order chi connectivity index (χ0) is 24.4. The fraction of sp³-hybridized carbons (Fsp3) is 0.333. The van der Waals surface area contributed by atoms with E-state index < -0.39 is 34.5 Å². The van der Waals surface area contributed by atoms with E-state index in [-0.39, 0.29) is 4.90 Å². The quantitative estimate of drug-likeness (QED) is 0.390. The summed E-state index contributed by atoms with van der Waals surface area (Å²) in [6.07, 6.45) is 6.55. The van der Waals surface area contributed by atoms with Crippen molar-refractivity contribution in [2.45, 2.75) is 23.8 Å². The number of benzene rings is 2. The fourth-order valence-corrected chi connectivity index (χ4v) is 4.65. The molecule has 0 radical (unpaired) electrons. The van der Waals surface area contributed by atoms with Gasteiger partial charge in [0.25, 0.3) is 5.91 Å². The Morgan fingerprint density at radius 1 is 1.03 bits per heavy atom. The summed E-state index contributed by atoms with van der Waals surface area (Å²) >= 11 is 0. The topological polar surface area (TPSA) is 125 Å². The van der Waals surface area contributed by atoms with Crippen molar-refractivity contribution in [1.29, 1.82) is 0 Å². The van der Waals surface area contributed by atoms with E-state index in [4.69, 9.17) is 4.74 Å². The minimum atomic E-state index is -4.05. The molecule has 1 heterocycles. The van der Waals surface area contributed by atoms with Gasteiger partial charge < -0.3 is 15.2 Å². The molecule has 0 bridgehead atoms. The Morgan fingerprint density at radius 3 is 2.35 bits per heavy atom. The van der Waals surface area contributed by atoms with Gasteiger partial charge in [0.1, 0.15) is 18.4 Å². The minimum absolute atomic E-state index is 0.0611. The van der Waals surface area contributed by atoms with E-state index in [1.165, 1.54) is 37.1 Å². The van der Waals surface area contributed by atoms with Gasteiger partial charge >= 0.3 is 5.97 Å². The molecule has 2 aromatic rings. The van der Waals surface area contributed by atoms with Crippen molar-refractivity contribution >= 4 is 21.9 Å². The normalized spacial score (nSPS) is 15.3. The molecule has 3 rings (SSSR count). The van der Waals surface area contributed by atoms with Crippen LogP contribution in [0, 0.1) is 0 Å². The van der Waals surface area contributed by atoms with Crippen LogP contribution in [0.1, 0.15) is 23.2 Å². The molecule has 1 aliphatic rings. The summed E-state index contributed by atoms with van der Waals surface area (Å²) in [6.45, 7) is 3.20. The highest BCUT2D eigenvalue weighted by molar-refractivity contribution is 7.89. The number of sulfonamides is 1. The van der Waals surface area contributed by atoms with Crippen LogP contribution in [0.4, 0.5) is 0 Å². The molecule has 1 atom stereocenters. The van der Waals surface area contributed by atoms with Crippen LogP contribution in [0.3, 0.4) is 0 Å². The van der Waals surface area contributed by atoms with Crippen LogP contribution in [0.5, 0.6) is 5.75 Å². The molecule has 0 aliphatic carbocycles. The summed E-state index contributed by atoms with van der Waals surface area (Å²) in [6, 6.07) is 12.3. The molecule has 1 amide bonds. The Bertz CT molecular complexity index is 1080. The van der Waals surface area contributed by atoms with Crippen LogP contribution in [0.15, 0.2) is 71.6 Å². The van der Waals surface area contributed by atoms with Gasteiger partial charge in [-0.25, -0.2) is 8.42 Å². The molecule has 3 N–H and O–H groups in total. The van der Waals surface area contributed by atoms with Crippen molar-refractivity contribution in [1.82, 2.24) is 14.9 Å². The molecule has 34 heavy (non-hydrogen) atoms. The molecule has 9 nitrogen and oxygen atoms in total. The number of carboxylic acids is 1. The average molecular weight is 488 g/mol. The first-order valence-electron chi connectivity index (χ1n) is 11.0. The maximum Gasteiger partial charge on any atom is 0.323 e. The van der Waals surface area contributed by atoms with E-state index in [0.717, 1.165) is 19.6 Å². The molecular formula is C24H29N3O6S. The second kappa shape index (κ2) is 12.3. The highest BCUT2D eigenvalue weighted by Crippen LogP contribution is 2.13. The maximum atomic E-state index is 12.4. The van der Waals surface area contributed by atoms with E-state index >= 15 is 0 Å². The number of amides is 1. The lowest BCUT2D eigenvalue weighted by atomic mass is 10.2. The number of carbonyl (C=O) groups excluding carboxylic acids is 1. The molecule has 0 aromatic heterocycles. The van der Waals surface area contributed by atoms with Gasteiger partial charge in [0.05, 0.1) is 4.90 Å². The Labute approximate surface area is 199 Å². The summed E-state index contributed by atoms with van der Waals surface area (Å²) in [5, 5.41) is 11.8. The lowest BCUT2D eigenvalue weighted by molar-refractivity contribution is -0.138. The van der Waals surface area contributed by atoms with E-state index in [1.54, 1.807) is 30.3 Å². The zero-order valence-electron chi connectivity index (χ0n) is 18.7. The van der Waals surface area contributed by atoms with Crippen LogP contribution in [-0.2, 0) is 14.8 Å². The lowest BCUT2D eigenvalue weighted by Crippen LogP contribution is -2.48. The molecule has 182 valence electrons. The van der Waals surface area contributed by atoms with Crippen LogP contribution < -0.4 is 14.8 Å². The molecule has 10 heteroatoms. The van der Waals surface area contributed by atoms with Crippen molar-refractivity contribution in [3.05, 3.63) is 72.3 Å². The third kappa shape index (κ3) is 7.68. The first-order valence-corrected chi connectivity index (χ1v) is 12.5. The summed E-state index contributed by atoms with van der Waals surface area (Å²) in [5.74, 6) is -1.33. The number of aliphatic carboxylic acids is 1. The predicted octanol–water partition coefficient (Wildman–Crippen LogP) is 1.88. The second-order valence-electron chi connectivity index (χ2n) is 7.85. The van der Waals surface area contributed by atoms with E-state index in [0.29, 0.717) is 17.9 Å². The third-order valence-electron chi connectivity index (χ3n) is 5.31. The molecule has 1 saturated heterocycles. The molecule has 1 aliphatic heterocycles. The number of carboxylic acid groups (broad SMARTS) is 1. The van der Waals surface area contributed by atoms with E-state index in [9.17, 15) is 23.1 Å².